The molecule has 1 saturated heterocycles. The molecule has 4 nitrogen and oxygen atoms in total. The lowest BCUT2D eigenvalue weighted by atomic mass is 9.95. The second kappa shape index (κ2) is 5.72. The quantitative estimate of drug-likeness (QED) is 0.847. The van der Waals surface area contributed by atoms with Crippen molar-refractivity contribution in [3.8, 4) is 0 Å². The zero-order chi connectivity index (χ0) is 13.1. The van der Waals surface area contributed by atoms with E-state index in [1.807, 2.05) is 12.1 Å². The molecule has 19 heavy (non-hydrogen) atoms. The average molecular weight is 260 g/mol. The minimum Gasteiger partial charge on any atom is -0.381 e. The van der Waals surface area contributed by atoms with E-state index < -0.39 is 0 Å². The Morgan fingerprint density at radius 3 is 3.00 bits per heavy atom. The highest BCUT2D eigenvalue weighted by atomic mass is 16.5. The van der Waals surface area contributed by atoms with Crippen LogP contribution in [0.5, 0.6) is 0 Å². The van der Waals surface area contributed by atoms with E-state index in [0.717, 1.165) is 39.1 Å². The molecule has 3 rings (SSSR count). The van der Waals surface area contributed by atoms with E-state index in [0.29, 0.717) is 5.92 Å². The van der Waals surface area contributed by atoms with Gasteiger partial charge in [0.15, 0.2) is 0 Å². The first kappa shape index (κ1) is 12.6. The second-order valence-electron chi connectivity index (χ2n) is 5.38. The number of fused-ring (bicyclic) bond motifs is 1. The molecule has 1 aromatic rings. The smallest absolute Gasteiger partial charge is 0.237 e. The summed E-state index contributed by atoms with van der Waals surface area (Å²) in [5.74, 6) is 0.598. The zero-order valence-electron chi connectivity index (χ0n) is 11.0. The molecule has 0 aromatic heterocycles. The van der Waals surface area contributed by atoms with Gasteiger partial charge in [-0.1, -0.05) is 24.3 Å². The largest absolute Gasteiger partial charge is 0.381 e. The van der Waals surface area contributed by atoms with Crippen molar-refractivity contribution in [3.63, 3.8) is 0 Å². The number of amides is 1. The predicted octanol–water partition coefficient (Wildman–Crippen LogP) is 0.854. The number of hydrogen-bond donors (Lipinski definition) is 2. The number of benzene rings is 1. The maximum atomic E-state index is 12.2. The lowest BCUT2D eigenvalue weighted by molar-refractivity contribution is -0.123. The highest BCUT2D eigenvalue weighted by Gasteiger charge is 2.24. The summed E-state index contributed by atoms with van der Waals surface area (Å²) in [6.07, 6.45) is 1.84. The van der Waals surface area contributed by atoms with Gasteiger partial charge in [0.25, 0.3) is 0 Å². The summed E-state index contributed by atoms with van der Waals surface area (Å²) in [5, 5.41) is 6.35. The van der Waals surface area contributed by atoms with Crippen LogP contribution >= 0.6 is 0 Å². The Bertz CT molecular complexity index is 455. The van der Waals surface area contributed by atoms with Gasteiger partial charge >= 0.3 is 0 Å². The van der Waals surface area contributed by atoms with Crippen LogP contribution in [0.25, 0.3) is 0 Å². The van der Waals surface area contributed by atoms with Gasteiger partial charge in [0.1, 0.15) is 0 Å². The van der Waals surface area contributed by atoms with Crippen LogP contribution in [0.2, 0.25) is 0 Å². The van der Waals surface area contributed by atoms with Gasteiger partial charge in [-0.05, 0) is 24.0 Å². The molecule has 2 aliphatic rings. The maximum absolute atomic E-state index is 12.2. The predicted molar refractivity (Wildman–Crippen MR) is 72.7 cm³/mol. The number of hydrogen-bond acceptors (Lipinski definition) is 3. The van der Waals surface area contributed by atoms with Crippen LogP contribution in [0.3, 0.4) is 0 Å². The molecule has 0 spiro atoms. The number of carbonyl (C=O) groups excluding carboxylic acids is 1. The lowest BCUT2D eigenvalue weighted by Gasteiger charge is -2.25. The molecule has 2 N–H and O–H groups in total. The standard InChI is InChI=1S/C15H20N2O2/c18-15(17-8-11-5-6-19-10-11)14-7-12-3-1-2-4-13(12)9-16-14/h1-4,11,14,16H,5-10H2,(H,17,18). The Morgan fingerprint density at radius 2 is 2.21 bits per heavy atom. The van der Waals surface area contributed by atoms with Crippen LogP contribution < -0.4 is 10.6 Å². The van der Waals surface area contributed by atoms with E-state index in [2.05, 4.69) is 22.8 Å². The Balaban J connectivity index is 1.54. The molecule has 1 aromatic carbocycles. The van der Waals surface area contributed by atoms with Crippen LogP contribution in [0.4, 0.5) is 0 Å². The van der Waals surface area contributed by atoms with E-state index >= 15 is 0 Å². The van der Waals surface area contributed by atoms with E-state index in [9.17, 15) is 4.79 Å². The average Bonchev–Trinajstić information content (AvgIpc) is 2.97. The maximum Gasteiger partial charge on any atom is 0.237 e. The van der Waals surface area contributed by atoms with Gasteiger partial charge in [-0.15, -0.1) is 0 Å². The molecule has 0 radical (unpaired) electrons. The van der Waals surface area contributed by atoms with Crippen LogP contribution in [0, 0.1) is 5.92 Å². The van der Waals surface area contributed by atoms with Crippen molar-refractivity contribution in [2.75, 3.05) is 19.8 Å². The Kier molecular flexibility index (Phi) is 3.80. The monoisotopic (exact) mass is 260 g/mol. The number of ether oxygens (including phenoxy) is 1. The Labute approximate surface area is 113 Å². The molecule has 2 heterocycles. The lowest BCUT2D eigenvalue weighted by Crippen LogP contribution is -2.48. The Morgan fingerprint density at radius 1 is 1.37 bits per heavy atom. The van der Waals surface area contributed by atoms with Gasteiger partial charge in [-0.25, -0.2) is 0 Å². The van der Waals surface area contributed by atoms with Crippen molar-refractivity contribution in [2.45, 2.75) is 25.4 Å². The summed E-state index contributed by atoms with van der Waals surface area (Å²) >= 11 is 0. The fourth-order valence-corrected chi connectivity index (χ4v) is 2.75. The van der Waals surface area contributed by atoms with E-state index in [4.69, 9.17) is 4.74 Å². The normalized spacial score (nSPS) is 25.9. The molecule has 0 aliphatic carbocycles. The highest BCUT2D eigenvalue weighted by molar-refractivity contribution is 5.82. The van der Waals surface area contributed by atoms with Gasteiger partial charge in [-0.3, -0.25) is 4.79 Å². The zero-order valence-corrected chi connectivity index (χ0v) is 11.0. The number of nitrogens with one attached hydrogen (secondary N) is 2. The van der Waals surface area contributed by atoms with Crippen LogP contribution in [0.1, 0.15) is 17.5 Å². The summed E-state index contributed by atoms with van der Waals surface area (Å²) in [4.78, 5) is 12.2. The van der Waals surface area contributed by atoms with Crippen LogP contribution in [0.15, 0.2) is 24.3 Å². The van der Waals surface area contributed by atoms with Gasteiger partial charge in [-0.2, -0.15) is 0 Å². The minimum absolute atomic E-state index is 0.0998. The van der Waals surface area contributed by atoms with Crippen LogP contribution in [-0.4, -0.2) is 31.7 Å². The third-order valence-corrected chi connectivity index (χ3v) is 3.99. The summed E-state index contributed by atoms with van der Waals surface area (Å²) in [6.45, 7) is 3.12. The second-order valence-corrected chi connectivity index (χ2v) is 5.38. The van der Waals surface area contributed by atoms with Crippen molar-refractivity contribution in [1.82, 2.24) is 10.6 Å². The van der Waals surface area contributed by atoms with Gasteiger partial charge in [0.2, 0.25) is 5.91 Å². The first-order valence-electron chi connectivity index (χ1n) is 6.98. The molecule has 0 saturated carbocycles. The summed E-state index contributed by atoms with van der Waals surface area (Å²) < 4.78 is 5.31. The van der Waals surface area contributed by atoms with Gasteiger partial charge < -0.3 is 15.4 Å². The number of rotatable bonds is 3. The van der Waals surface area contributed by atoms with Crippen molar-refractivity contribution in [1.29, 1.82) is 0 Å². The molecule has 2 unspecified atom stereocenters. The number of carbonyl (C=O) groups is 1. The molecule has 4 heteroatoms. The summed E-state index contributed by atoms with van der Waals surface area (Å²) in [6, 6.07) is 8.21. The third kappa shape index (κ3) is 2.96. The van der Waals surface area contributed by atoms with Gasteiger partial charge in [0.05, 0.1) is 12.6 Å². The van der Waals surface area contributed by atoms with E-state index in [1.165, 1.54) is 11.1 Å². The fourth-order valence-electron chi connectivity index (χ4n) is 2.75. The van der Waals surface area contributed by atoms with Crippen molar-refractivity contribution >= 4 is 5.91 Å². The molecule has 102 valence electrons. The summed E-state index contributed by atoms with van der Waals surface area (Å²) in [7, 11) is 0. The molecule has 1 fully saturated rings. The fraction of sp³-hybridized carbons (Fsp3) is 0.533. The molecule has 1 amide bonds. The van der Waals surface area contributed by atoms with Crippen molar-refractivity contribution in [3.05, 3.63) is 35.4 Å². The SMILES string of the molecule is O=C(NCC1CCOC1)C1Cc2ccccc2CN1. The summed E-state index contributed by atoms with van der Waals surface area (Å²) in [5.41, 5.74) is 2.58. The Hall–Kier alpha value is -1.39. The molecule has 2 aliphatic heterocycles. The van der Waals surface area contributed by atoms with Crippen molar-refractivity contribution < 1.29 is 9.53 Å². The topological polar surface area (TPSA) is 50.4 Å². The van der Waals surface area contributed by atoms with Crippen molar-refractivity contribution in [2.24, 2.45) is 5.92 Å². The molecular weight excluding hydrogens is 240 g/mol. The first-order chi connectivity index (χ1) is 9.33. The van der Waals surface area contributed by atoms with Gasteiger partial charge in [0, 0.05) is 25.6 Å². The van der Waals surface area contributed by atoms with E-state index in [-0.39, 0.29) is 11.9 Å². The van der Waals surface area contributed by atoms with Crippen LogP contribution in [-0.2, 0) is 22.5 Å². The highest BCUT2D eigenvalue weighted by Crippen LogP contribution is 2.16. The molecular formula is C15H20N2O2. The van der Waals surface area contributed by atoms with E-state index in [1.54, 1.807) is 0 Å². The first-order valence-corrected chi connectivity index (χ1v) is 6.98. The molecule has 0 bridgehead atoms. The molecule has 2 atom stereocenters. The third-order valence-electron chi connectivity index (χ3n) is 3.99. The minimum atomic E-state index is -0.0998.